The third-order valence-corrected chi connectivity index (χ3v) is 6.78. The smallest absolute Gasteiger partial charge is 0.214 e. The molecule has 26 heavy (non-hydrogen) atoms. The normalized spacial score (nSPS) is 15.9. The van der Waals surface area contributed by atoms with Crippen LogP contribution in [0, 0.1) is 11.3 Å². The summed E-state index contributed by atoms with van der Waals surface area (Å²) in [5, 5.41) is 10.4. The number of nitrogens with zero attached hydrogens (tertiary/aromatic N) is 4. The number of anilines is 1. The van der Waals surface area contributed by atoms with Gasteiger partial charge in [0.15, 0.2) is 0 Å². The van der Waals surface area contributed by atoms with Gasteiger partial charge in [0.05, 0.1) is 22.5 Å². The van der Waals surface area contributed by atoms with E-state index >= 15 is 0 Å². The van der Waals surface area contributed by atoms with Crippen LogP contribution < -0.4 is 4.90 Å². The van der Waals surface area contributed by atoms with Crippen LogP contribution >= 0.6 is 0 Å². The first-order valence-electron chi connectivity index (χ1n) is 9.07. The standard InChI is InChI=1S/C19H24N4O2S/c1-2-3-6-13-26(24,25)23-11-9-22(10-12-23)19-16(14-20)15-21-18-8-5-4-7-17(18)19/h4-5,7-8,15H,2-3,6,9-13H2,1H3. The Balaban J connectivity index is 1.79. The summed E-state index contributed by atoms with van der Waals surface area (Å²) >= 11 is 0. The highest BCUT2D eigenvalue weighted by atomic mass is 32.2. The van der Waals surface area contributed by atoms with Crippen molar-refractivity contribution in [3.8, 4) is 6.07 Å². The number of hydrogen-bond acceptors (Lipinski definition) is 5. The molecule has 0 aliphatic carbocycles. The van der Waals surface area contributed by atoms with Crippen molar-refractivity contribution in [3.63, 3.8) is 0 Å². The van der Waals surface area contributed by atoms with E-state index in [9.17, 15) is 13.7 Å². The molecule has 0 unspecified atom stereocenters. The van der Waals surface area contributed by atoms with E-state index in [0.29, 0.717) is 38.2 Å². The Morgan fingerprint density at radius 3 is 2.58 bits per heavy atom. The van der Waals surface area contributed by atoms with Crippen molar-refractivity contribution in [2.24, 2.45) is 0 Å². The van der Waals surface area contributed by atoms with Crippen LogP contribution in [0.5, 0.6) is 0 Å². The van der Waals surface area contributed by atoms with Crippen LogP contribution in [0.15, 0.2) is 30.5 Å². The maximum atomic E-state index is 12.5. The molecule has 2 aromatic rings. The number of fused-ring (bicyclic) bond motifs is 1. The van der Waals surface area contributed by atoms with E-state index in [0.717, 1.165) is 29.4 Å². The number of nitriles is 1. The largest absolute Gasteiger partial charge is 0.367 e. The highest BCUT2D eigenvalue weighted by Crippen LogP contribution is 2.30. The molecule has 2 heterocycles. The molecule has 1 fully saturated rings. The molecule has 1 aliphatic rings. The molecule has 1 saturated heterocycles. The lowest BCUT2D eigenvalue weighted by atomic mass is 10.1. The average Bonchev–Trinajstić information content (AvgIpc) is 2.67. The summed E-state index contributed by atoms with van der Waals surface area (Å²) < 4.78 is 26.6. The van der Waals surface area contributed by atoms with Crippen LogP contribution in [-0.2, 0) is 10.0 Å². The summed E-state index contributed by atoms with van der Waals surface area (Å²) in [5.74, 6) is 0.225. The number of unbranched alkanes of at least 4 members (excludes halogenated alkanes) is 2. The summed E-state index contributed by atoms with van der Waals surface area (Å²) in [6.07, 6.45) is 4.27. The Bertz CT molecular complexity index is 913. The highest BCUT2D eigenvalue weighted by Gasteiger charge is 2.28. The molecule has 138 valence electrons. The number of rotatable bonds is 6. The van der Waals surface area contributed by atoms with Crippen LogP contribution in [0.3, 0.4) is 0 Å². The summed E-state index contributed by atoms with van der Waals surface area (Å²) in [4.78, 5) is 6.46. The number of hydrogen-bond donors (Lipinski definition) is 0. The second-order valence-corrected chi connectivity index (χ2v) is 8.65. The van der Waals surface area contributed by atoms with Crippen molar-refractivity contribution in [3.05, 3.63) is 36.0 Å². The predicted molar refractivity (Wildman–Crippen MR) is 104 cm³/mol. The molecule has 0 amide bonds. The number of sulfonamides is 1. The lowest BCUT2D eigenvalue weighted by molar-refractivity contribution is 0.384. The van der Waals surface area contributed by atoms with Gasteiger partial charge in [0, 0.05) is 37.8 Å². The van der Waals surface area contributed by atoms with Crippen molar-refractivity contribution in [1.29, 1.82) is 5.26 Å². The fraction of sp³-hybridized carbons (Fsp3) is 0.474. The molecule has 0 spiro atoms. The highest BCUT2D eigenvalue weighted by molar-refractivity contribution is 7.89. The van der Waals surface area contributed by atoms with Crippen LogP contribution in [0.25, 0.3) is 10.9 Å². The third-order valence-electron chi connectivity index (χ3n) is 4.82. The quantitative estimate of drug-likeness (QED) is 0.729. The van der Waals surface area contributed by atoms with Gasteiger partial charge in [-0.25, -0.2) is 8.42 Å². The average molecular weight is 372 g/mol. The van der Waals surface area contributed by atoms with Gasteiger partial charge in [0.25, 0.3) is 0 Å². The van der Waals surface area contributed by atoms with E-state index < -0.39 is 10.0 Å². The van der Waals surface area contributed by atoms with Gasteiger partial charge < -0.3 is 4.90 Å². The van der Waals surface area contributed by atoms with E-state index in [-0.39, 0.29) is 5.75 Å². The Morgan fingerprint density at radius 2 is 1.88 bits per heavy atom. The molecular formula is C19H24N4O2S. The zero-order chi connectivity index (χ0) is 18.6. The zero-order valence-electron chi connectivity index (χ0n) is 15.1. The SMILES string of the molecule is CCCCCS(=O)(=O)N1CCN(c2c(C#N)cnc3ccccc23)CC1. The van der Waals surface area contributed by atoms with Crippen molar-refractivity contribution in [1.82, 2.24) is 9.29 Å². The number of benzene rings is 1. The Hall–Kier alpha value is -2.17. The second-order valence-electron chi connectivity index (χ2n) is 6.56. The molecule has 0 bridgehead atoms. The Labute approximate surface area is 155 Å². The molecule has 1 aliphatic heterocycles. The van der Waals surface area contributed by atoms with Gasteiger partial charge in [-0.2, -0.15) is 9.57 Å². The third kappa shape index (κ3) is 3.81. The van der Waals surface area contributed by atoms with E-state index in [2.05, 4.69) is 22.9 Å². The lowest BCUT2D eigenvalue weighted by Gasteiger charge is -2.36. The lowest BCUT2D eigenvalue weighted by Crippen LogP contribution is -2.49. The van der Waals surface area contributed by atoms with Crippen LogP contribution in [0.4, 0.5) is 5.69 Å². The molecule has 0 N–H and O–H groups in total. The van der Waals surface area contributed by atoms with Gasteiger partial charge in [0.1, 0.15) is 6.07 Å². The first-order valence-corrected chi connectivity index (χ1v) is 10.7. The predicted octanol–water partition coefficient (Wildman–Crippen LogP) is 2.75. The molecule has 3 rings (SSSR count). The molecule has 1 aromatic heterocycles. The summed E-state index contributed by atoms with van der Waals surface area (Å²) in [5.41, 5.74) is 2.24. The molecular weight excluding hydrogens is 348 g/mol. The number of piperazine rings is 1. The van der Waals surface area contributed by atoms with Crippen molar-refractivity contribution < 1.29 is 8.42 Å². The minimum Gasteiger partial charge on any atom is -0.367 e. The van der Waals surface area contributed by atoms with E-state index in [1.54, 1.807) is 10.5 Å². The summed E-state index contributed by atoms with van der Waals surface area (Å²) in [6, 6.07) is 9.97. The molecule has 0 radical (unpaired) electrons. The van der Waals surface area contributed by atoms with E-state index in [1.165, 1.54) is 0 Å². The van der Waals surface area contributed by atoms with Crippen LogP contribution in [0.1, 0.15) is 31.7 Å². The number of pyridine rings is 1. The van der Waals surface area contributed by atoms with Gasteiger partial charge >= 0.3 is 0 Å². The first-order chi connectivity index (χ1) is 12.6. The number of aromatic nitrogens is 1. The van der Waals surface area contributed by atoms with Gasteiger partial charge in [-0.05, 0) is 12.5 Å². The van der Waals surface area contributed by atoms with Gasteiger partial charge in [-0.1, -0.05) is 38.0 Å². The van der Waals surface area contributed by atoms with E-state index in [4.69, 9.17) is 0 Å². The fourth-order valence-corrected chi connectivity index (χ4v) is 4.95. The fourth-order valence-electron chi connectivity index (χ4n) is 3.40. The first kappa shape index (κ1) is 18.6. The van der Waals surface area contributed by atoms with Crippen molar-refractivity contribution in [2.75, 3.05) is 36.8 Å². The minimum absolute atomic E-state index is 0.225. The molecule has 0 atom stereocenters. The van der Waals surface area contributed by atoms with Gasteiger partial charge in [-0.3, -0.25) is 4.98 Å². The second kappa shape index (κ2) is 8.02. The topological polar surface area (TPSA) is 77.3 Å². The summed E-state index contributed by atoms with van der Waals surface area (Å²) in [7, 11) is -3.19. The van der Waals surface area contributed by atoms with Crippen molar-refractivity contribution in [2.45, 2.75) is 26.2 Å². The van der Waals surface area contributed by atoms with Crippen LogP contribution in [0.2, 0.25) is 0 Å². The monoisotopic (exact) mass is 372 g/mol. The summed E-state index contributed by atoms with van der Waals surface area (Å²) in [6.45, 7) is 4.13. The van der Waals surface area contributed by atoms with Crippen molar-refractivity contribution >= 4 is 26.6 Å². The molecule has 7 heteroatoms. The molecule has 0 saturated carbocycles. The maximum Gasteiger partial charge on any atom is 0.214 e. The minimum atomic E-state index is -3.19. The van der Waals surface area contributed by atoms with Crippen LogP contribution in [-0.4, -0.2) is 49.6 Å². The maximum absolute atomic E-state index is 12.5. The van der Waals surface area contributed by atoms with Gasteiger partial charge in [-0.15, -0.1) is 0 Å². The Morgan fingerprint density at radius 1 is 1.15 bits per heavy atom. The zero-order valence-corrected chi connectivity index (χ0v) is 15.9. The van der Waals surface area contributed by atoms with E-state index in [1.807, 2.05) is 24.3 Å². The Kier molecular flexibility index (Phi) is 5.74. The molecule has 6 nitrogen and oxygen atoms in total. The van der Waals surface area contributed by atoms with Gasteiger partial charge in [0.2, 0.25) is 10.0 Å². The molecule has 1 aromatic carbocycles. The number of para-hydroxylation sites is 1.